The number of nitrogens with one attached hydrogen (secondary N) is 3. The molecular formula is C22H28N4O6. The van der Waals surface area contributed by atoms with Crippen LogP contribution in [0.5, 0.6) is 5.75 Å². The molecule has 172 valence electrons. The molecule has 0 unspecified atom stereocenters. The Kier molecular flexibility index (Phi) is 7.69. The zero-order valence-electron chi connectivity index (χ0n) is 18.1. The van der Waals surface area contributed by atoms with Crippen LogP contribution in [0.3, 0.4) is 0 Å². The molecule has 1 aliphatic carbocycles. The first-order chi connectivity index (χ1) is 15.4. The molecule has 3 rings (SSSR count). The number of H-pyrrole nitrogens is 1. The van der Waals surface area contributed by atoms with Crippen molar-refractivity contribution >= 4 is 24.3 Å². The van der Waals surface area contributed by atoms with Gasteiger partial charge in [0.1, 0.15) is 11.9 Å². The number of benzene rings is 1. The van der Waals surface area contributed by atoms with Crippen LogP contribution in [0.25, 0.3) is 0 Å². The summed E-state index contributed by atoms with van der Waals surface area (Å²) in [5.41, 5.74) is 1.63. The number of carbonyl (C=O) groups excluding carboxylic acids is 3. The van der Waals surface area contributed by atoms with Gasteiger partial charge < -0.3 is 19.9 Å². The highest BCUT2D eigenvalue weighted by molar-refractivity contribution is 5.83. The first-order valence-electron chi connectivity index (χ1n) is 10.6. The second kappa shape index (κ2) is 10.7. The number of alkyl carbamates (subject to hydrolysis) is 1. The summed E-state index contributed by atoms with van der Waals surface area (Å²) in [4.78, 5) is 34.9. The van der Waals surface area contributed by atoms with E-state index in [0.29, 0.717) is 24.1 Å². The SMILES string of the molecule is CC(C)NC(=O)O[C@@H]1CC[C@H](c2cc(NC(=O)OCCc3cccc(O)c3C=O)n[nH]2)C1. The zero-order valence-corrected chi connectivity index (χ0v) is 18.1. The lowest BCUT2D eigenvalue weighted by Crippen LogP contribution is -2.33. The van der Waals surface area contributed by atoms with Crippen molar-refractivity contribution in [1.29, 1.82) is 0 Å². The molecule has 1 fully saturated rings. The summed E-state index contributed by atoms with van der Waals surface area (Å²) < 4.78 is 10.6. The number of carbonyl (C=O) groups is 3. The number of amides is 2. The van der Waals surface area contributed by atoms with E-state index in [0.717, 1.165) is 18.5 Å². The molecule has 32 heavy (non-hydrogen) atoms. The van der Waals surface area contributed by atoms with Crippen LogP contribution < -0.4 is 10.6 Å². The molecule has 4 N–H and O–H groups in total. The van der Waals surface area contributed by atoms with Gasteiger partial charge in [0.05, 0.1) is 12.2 Å². The average Bonchev–Trinajstić information content (AvgIpc) is 3.37. The van der Waals surface area contributed by atoms with Crippen molar-refractivity contribution in [2.45, 2.75) is 57.6 Å². The number of hydrogen-bond acceptors (Lipinski definition) is 7. The molecule has 1 saturated carbocycles. The smallest absolute Gasteiger partial charge is 0.412 e. The number of phenolic OH excluding ortho intramolecular Hbond substituents is 1. The van der Waals surface area contributed by atoms with Gasteiger partial charge in [0.25, 0.3) is 0 Å². The van der Waals surface area contributed by atoms with Crippen molar-refractivity contribution in [1.82, 2.24) is 15.5 Å². The maximum absolute atomic E-state index is 12.0. The normalized spacial score (nSPS) is 17.7. The second-order valence-electron chi connectivity index (χ2n) is 8.02. The number of rotatable bonds is 8. The van der Waals surface area contributed by atoms with Gasteiger partial charge >= 0.3 is 12.2 Å². The third-order valence-corrected chi connectivity index (χ3v) is 5.23. The Morgan fingerprint density at radius 3 is 2.88 bits per heavy atom. The van der Waals surface area contributed by atoms with Gasteiger partial charge in [-0.15, -0.1) is 0 Å². The lowest BCUT2D eigenvalue weighted by molar-refractivity contribution is 0.0981. The minimum atomic E-state index is -0.672. The number of nitrogens with zero attached hydrogens (tertiary/aromatic N) is 1. The third kappa shape index (κ3) is 6.22. The highest BCUT2D eigenvalue weighted by Crippen LogP contribution is 2.35. The van der Waals surface area contributed by atoms with Crippen molar-refractivity contribution in [3.05, 3.63) is 41.1 Å². The molecule has 0 aliphatic heterocycles. The number of ether oxygens (including phenoxy) is 2. The van der Waals surface area contributed by atoms with Crippen molar-refractivity contribution in [2.24, 2.45) is 0 Å². The highest BCUT2D eigenvalue weighted by atomic mass is 16.6. The van der Waals surface area contributed by atoms with E-state index in [2.05, 4.69) is 20.8 Å². The van der Waals surface area contributed by atoms with Crippen molar-refractivity contribution in [2.75, 3.05) is 11.9 Å². The van der Waals surface area contributed by atoms with Crippen LogP contribution in [0, 0.1) is 0 Å². The highest BCUT2D eigenvalue weighted by Gasteiger charge is 2.30. The second-order valence-corrected chi connectivity index (χ2v) is 8.02. The summed E-state index contributed by atoms with van der Waals surface area (Å²) in [6.45, 7) is 3.78. The molecule has 2 aromatic rings. The molecular weight excluding hydrogens is 416 g/mol. The molecule has 1 aliphatic rings. The Morgan fingerprint density at radius 1 is 1.31 bits per heavy atom. The van der Waals surface area contributed by atoms with Gasteiger partial charge in [0.2, 0.25) is 0 Å². The fourth-order valence-corrected chi connectivity index (χ4v) is 3.71. The predicted molar refractivity (Wildman–Crippen MR) is 116 cm³/mol. The number of phenols is 1. The van der Waals surface area contributed by atoms with E-state index in [9.17, 15) is 19.5 Å². The van der Waals surface area contributed by atoms with Crippen molar-refractivity contribution in [3.8, 4) is 5.75 Å². The van der Waals surface area contributed by atoms with E-state index in [4.69, 9.17) is 9.47 Å². The maximum Gasteiger partial charge on any atom is 0.412 e. The van der Waals surface area contributed by atoms with E-state index in [1.807, 2.05) is 13.8 Å². The van der Waals surface area contributed by atoms with Crippen LogP contribution in [-0.2, 0) is 15.9 Å². The van der Waals surface area contributed by atoms with E-state index >= 15 is 0 Å². The van der Waals surface area contributed by atoms with Gasteiger partial charge in [-0.05, 0) is 44.7 Å². The molecule has 1 heterocycles. The number of aromatic hydroxyl groups is 1. The van der Waals surface area contributed by atoms with Gasteiger partial charge in [-0.2, -0.15) is 5.10 Å². The van der Waals surface area contributed by atoms with Crippen LogP contribution in [0.15, 0.2) is 24.3 Å². The fraction of sp³-hybridized carbons (Fsp3) is 0.455. The van der Waals surface area contributed by atoms with Gasteiger partial charge in [-0.1, -0.05) is 12.1 Å². The standard InChI is InChI=1S/C22H28N4O6/c1-13(2)23-22(30)32-16-7-6-15(10-16)18-11-20(26-25-18)24-21(29)31-9-8-14-4-3-5-19(28)17(14)12-27/h3-5,11-13,15-16,28H,6-10H2,1-2H3,(H,23,30)(H2,24,25,26,29)/t15-,16+/m0/s1. The molecule has 1 aromatic carbocycles. The number of anilines is 1. The van der Waals surface area contributed by atoms with Crippen LogP contribution in [0.4, 0.5) is 15.4 Å². The maximum atomic E-state index is 12.0. The fourth-order valence-electron chi connectivity index (χ4n) is 3.71. The van der Waals surface area contributed by atoms with Gasteiger partial charge in [-0.25, -0.2) is 9.59 Å². The van der Waals surface area contributed by atoms with Gasteiger partial charge in [-0.3, -0.25) is 15.2 Å². The largest absolute Gasteiger partial charge is 0.507 e. The molecule has 0 spiro atoms. The average molecular weight is 444 g/mol. The molecule has 0 radical (unpaired) electrons. The topological polar surface area (TPSA) is 143 Å². The minimum absolute atomic E-state index is 0.0209. The Hall–Kier alpha value is -3.56. The van der Waals surface area contributed by atoms with E-state index < -0.39 is 12.2 Å². The van der Waals surface area contributed by atoms with Crippen LogP contribution in [0.1, 0.15) is 60.6 Å². The van der Waals surface area contributed by atoms with Crippen molar-refractivity contribution < 1.29 is 29.0 Å². The lowest BCUT2D eigenvalue weighted by atomic mass is 10.0. The summed E-state index contributed by atoms with van der Waals surface area (Å²) >= 11 is 0. The molecule has 10 nitrogen and oxygen atoms in total. The minimum Gasteiger partial charge on any atom is -0.507 e. The van der Waals surface area contributed by atoms with Crippen LogP contribution in [0.2, 0.25) is 0 Å². The summed E-state index contributed by atoms with van der Waals surface area (Å²) in [7, 11) is 0. The first-order valence-corrected chi connectivity index (χ1v) is 10.6. The Morgan fingerprint density at radius 2 is 2.12 bits per heavy atom. The third-order valence-electron chi connectivity index (χ3n) is 5.23. The summed E-state index contributed by atoms with van der Waals surface area (Å²) in [5, 5.41) is 22.0. The van der Waals surface area contributed by atoms with E-state index in [-0.39, 0.29) is 42.4 Å². The zero-order chi connectivity index (χ0) is 23.1. The first kappa shape index (κ1) is 23.1. The lowest BCUT2D eigenvalue weighted by Gasteiger charge is -2.14. The number of hydrogen-bond donors (Lipinski definition) is 4. The van der Waals surface area contributed by atoms with Crippen molar-refractivity contribution in [3.63, 3.8) is 0 Å². The Bertz CT molecular complexity index is 958. The van der Waals surface area contributed by atoms with Crippen LogP contribution >= 0.6 is 0 Å². The molecule has 2 atom stereocenters. The summed E-state index contributed by atoms with van der Waals surface area (Å²) in [6, 6.07) is 6.50. The van der Waals surface area contributed by atoms with E-state index in [1.54, 1.807) is 18.2 Å². The van der Waals surface area contributed by atoms with Gasteiger partial charge in [0.15, 0.2) is 12.1 Å². The molecule has 0 saturated heterocycles. The number of aldehydes is 1. The Labute approximate surface area is 185 Å². The summed E-state index contributed by atoms with van der Waals surface area (Å²) in [6.07, 6.45) is 1.91. The Balaban J connectivity index is 1.44. The molecule has 1 aromatic heterocycles. The van der Waals surface area contributed by atoms with Crippen LogP contribution in [-0.4, -0.2) is 52.5 Å². The number of aromatic amines is 1. The molecule has 2 amide bonds. The van der Waals surface area contributed by atoms with Gasteiger partial charge in [0, 0.05) is 30.1 Å². The monoisotopic (exact) mass is 444 g/mol. The predicted octanol–water partition coefficient (Wildman–Crippen LogP) is 3.49. The molecule has 0 bridgehead atoms. The quantitative estimate of drug-likeness (QED) is 0.456. The van der Waals surface area contributed by atoms with E-state index in [1.165, 1.54) is 6.07 Å². The summed E-state index contributed by atoms with van der Waals surface area (Å²) in [5.74, 6) is 0.377. The molecule has 10 heteroatoms. The number of aromatic nitrogens is 2.